The minimum atomic E-state index is -3.81. The van der Waals surface area contributed by atoms with E-state index in [9.17, 15) is 8.42 Å². The monoisotopic (exact) mass is 388 g/mol. The van der Waals surface area contributed by atoms with E-state index in [0.29, 0.717) is 0 Å². The van der Waals surface area contributed by atoms with Crippen LogP contribution in [0.1, 0.15) is 62.1 Å². The molecule has 2 rings (SSSR count). The second kappa shape index (κ2) is 11.2. The van der Waals surface area contributed by atoms with Gasteiger partial charge in [-0.15, -0.1) is 0 Å². The van der Waals surface area contributed by atoms with Crippen molar-refractivity contribution in [3.8, 4) is 0 Å². The van der Waals surface area contributed by atoms with E-state index < -0.39 is 10.0 Å². The first kappa shape index (κ1) is 21.6. The smallest absolute Gasteiger partial charge is 0.262 e. The van der Waals surface area contributed by atoms with Crippen molar-refractivity contribution < 1.29 is 13.3 Å². The van der Waals surface area contributed by atoms with Gasteiger partial charge in [0, 0.05) is 4.89 Å². The summed E-state index contributed by atoms with van der Waals surface area (Å²) in [4.78, 5) is 8.77. The molecule has 0 saturated carbocycles. The summed E-state index contributed by atoms with van der Waals surface area (Å²) in [5, 5.41) is 0. The highest BCUT2D eigenvalue weighted by Gasteiger charge is 2.18. The Morgan fingerprint density at radius 3 is 2.37 bits per heavy atom. The Morgan fingerprint density at radius 1 is 0.926 bits per heavy atom. The molecule has 2 aromatic carbocycles. The quantitative estimate of drug-likeness (QED) is 0.365. The molecule has 0 spiro atoms. The zero-order valence-corrected chi connectivity index (χ0v) is 17.2. The molecule has 0 atom stereocenters. The predicted octanol–water partition coefficient (Wildman–Crippen LogP) is 5.32. The molecular weight excluding hydrogens is 358 g/mol. The number of benzene rings is 2. The maximum Gasteiger partial charge on any atom is 0.281 e. The summed E-state index contributed by atoms with van der Waals surface area (Å²) in [5.74, 6) is 0. The first-order valence-electron chi connectivity index (χ1n) is 9.75. The van der Waals surface area contributed by atoms with Crippen molar-refractivity contribution in [3.63, 3.8) is 0 Å². The van der Waals surface area contributed by atoms with Gasteiger partial charge in [0.2, 0.25) is 0 Å². The SMILES string of the molecule is CCCCCCCCc1cc(S(=O)(=O)[N]OCc2ccccc2)ccc1C. The minimum Gasteiger partial charge on any atom is -0.262 e. The molecule has 4 nitrogen and oxygen atoms in total. The maximum absolute atomic E-state index is 12.4. The number of rotatable bonds is 12. The summed E-state index contributed by atoms with van der Waals surface area (Å²) in [5.41, 5.74) is 3.07. The van der Waals surface area contributed by atoms with Crippen molar-refractivity contribution in [2.75, 3.05) is 0 Å². The number of hydrogen-bond acceptors (Lipinski definition) is 3. The van der Waals surface area contributed by atoms with E-state index in [1.54, 1.807) is 12.1 Å². The Hall–Kier alpha value is -1.69. The van der Waals surface area contributed by atoms with E-state index in [1.165, 1.54) is 32.1 Å². The second-order valence-corrected chi connectivity index (χ2v) is 8.49. The molecule has 147 valence electrons. The number of nitrogens with zero attached hydrogens (tertiary/aromatic N) is 1. The van der Waals surface area contributed by atoms with Gasteiger partial charge in [0.05, 0.1) is 11.5 Å². The number of sulfonamides is 1. The molecule has 0 bridgehead atoms. The Labute approximate surface area is 164 Å². The molecule has 0 N–H and O–H groups in total. The average molecular weight is 389 g/mol. The molecule has 5 heteroatoms. The number of hydrogen-bond donors (Lipinski definition) is 0. The first-order chi connectivity index (χ1) is 13.0. The van der Waals surface area contributed by atoms with Crippen LogP contribution in [0.4, 0.5) is 0 Å². The van der Waals surface area contributed by atoms with Gasteiger partial charge in [-0.3, -0.25) is 4.84 Å². The average Bonchev–Trinajstić information content (AvgIpc) is 2.66. The van der Waals surface area contributed by atoms with Gasteiger partial charge >= 0.3 is 0 Å². The van der Waals surface area contributed by atoms with Crippen LogP contribution < -0.4 is 4.89 Å². The van der Waals surface area contributed by atoms with Gasteiger partial charge < -0.3 is 0 Å². The van der Waals surface area contributed by atoms with Crippen LogP contribution in [0.2, 0.25) is 0 Å². The number of unbranched alkanes of at least 4 members (excludes halogenated alkanes) is 5. The van der Waals surface area contributed by atoms with Crippen LogP contribution in [-0.2, 0) is 27.9 Å². The third-order valence-corrected chi connectivity index (χ3v) is 5.79. The van der Waals surface area contributed by atoms with E-state index in [4.69, 9.17) is 4.84 Å². The second-order valence-electron chi connectivity index (χ2n) is 6.91. The Bertz CT molecular complexity index is 788. The predicted molar refractivity (Wildman–Crippen MR) is 109 cm³/mol. The largest absolute Gasteiger partial charge is 0.281 e. The summed E-state index contributed by atoms with van der Waals surface area (Å²) in [7, 11) is -3.81. The molecule has 2 aromatic rings. The normalized spacial score (nSPS) is 11.6. The summed E-state index contributed by atoms with van der Waals surface area (Å²) < 4.78 is 24.9. The molecule has 0 amide bonds. The van der Waals surface area contributed by atoms with Gasteiger partial charge in [-0.1, -0.05) is 75.4 Å². The lowest BCUT2D eigenvalue weighted by Gasteiger charge is -2.10. The summed E-state index contributed by atoms with van der Waals surface area (Å²) in [6.07, 6.45) is 8.21. The van der Waals surface area contributed by atoms with Gasteiger partial charge in [-0.2, -0.15) is 0 Å². The molecule has 1 radical (unpaired) electrons. The molecule has 0 unspecified atom stereocenters. The summed E-state index contributed by atoms with van der Waals surface area (Å²) >= 11 is 0. The third kappa shape index (κ3) is 7.45. The van der Waals surface area contributed by atoms with E-state index in [0.717, 1.165) is 29.5 Å². The van der Waals surface area contributed by atoms with Crippen molar-refractivity contribution >= 4 is 10.0 Å². The molecule has 0 heterocycles. The van der Waals surface area contributed by atoms with Crippen molar-refractivity contribution in [2.45, 2.75) is 70.3 Å². The molecule has 0 aliphatic rings. The van der Waals surface area contributed by atoms with E-state index in [1.807, 2.05) is 43.3 Å². The van der Waals surface area contributed by atoms with Crippen LogP contribution in [0.15, 0.2) is 53.4 Å². The fraction of sp³-hybridized carbons (Fsp3) is 0.455. The van der Waals surface area contributed by atoms with Crippen LogP contribution in [0, 0.1) is 6.92 Å². The third-order valence-electron chi connectivity index (χ3n) is 4.64. The Balaban J connectivity index is 1.90. The molecular formula is C22H30NO3S. The molecule has 0 aliphatic carbocycles. The Kier molecular flexibility index (Phi) is 8.98. The minimum absolute atomic E-state index is 0.135. The maximum atomic E-state index is 12.4. The van der Waals surface area contributed by atoms with E-state index in [2.05, 4.69) is 11.8 Å². The van der Waals surface area contributed by atoms with Crippen LogP contribution in [0.5, 0.6) is 0 Å². The zero-order valence-electron chi connectivity index (χ0n) is 16.4. The van der Waals surface area contributed by atoms with Gasteiger partial charge in [-0.25, -0.2) is 8.42 Å². The Morgan fingerprint density at radius 2 is 1.63 bits per heavy atom. The lowest BCUT2D eigenvalue weighted by atomic mass is 10.0. The van der Waals surface area contributed by atoms with Crippen LogP contribution in [-0.4, -0.2) is 8.42 Å². The zero-order chi connectivity index (χ0) is 19.5. The lowest BCUT2D eigenvalue weighted by Crippen LogP contribution is -2.17. The highest BCUT2D eigenvalue weighted by molar-refractivity contribution is 7.89. The molecule has 0 aromatic heterocycles. The molecule has 27 heavy (non-hydrogen) atoms. The fourth-order valence-corrected chi connectivity index (χ4v) is 3.77. The first-order valence-corrected chi connectivity index (χ1v) is 11.2. The van der Waals surface area contributed by atoms with Crippen molar-refractivity contribution in [1.29, 1.82) is 0 Å². The standard InChI is InChI=1S/C22H30NO3S/c1-3-4-5-6-7-11-14-21-17-22(16-15-19(21)2)27(24,25)23-26-18-20-12-9-8-10-13-20/h8-10,12-13,15-17H,3-7,11,14,18H2,1-2H3. The topological polar surface area (TPSA) is 57.5 Å². The highest BCUT2D eigenvalue weighted by Crippen LogP contribution is 2.19. The van der Waals surface area contributed by atoms with Gasteiger partial charge in [0.15, 0.2) is 0 Å². The van der Waals surface area contributed by atoms with Gasteiger partial charge in [0.25, 0.3) is 10.0 Å². The van der Waals surface area contributed by atoms with Crippen molar-refractivity contribution in [1.82, 2.24) is 4.89 Å². The molecule has 0 saturated heterocycles. The van der Waals surface area contributed by atoms with Gasteiger partial charge in [-0.05, 0) is 48.6 Å². The van der Waals surface area contributed by atoms with Crippen molar-refractivity contribution in [3.05, 3.63) is 65.2 Å². The van der Waals surface area contributed by atoms with Crippen molar-refractivity contribution in [2.24, 2.45) is 0 Å². The van der Waals surface area contributed by atoms with Crippen LogP contribution >= 0.6 is 0 Å². The van der Waals surface area contributed by atoms with Gasteiger partial charge in [0.1, 0.15) is 0 Å². The molecule has 0 fully saturated rings. The number of aryl methyl sites for hydroxylation is 2. The van der Waals surface area contributed by atoms with E-state index in [-0.39, 0.29) is 11.5 Å². The highest BCUT2D eigenvalue weighted by atomic mass is 32.2. The lowest BCUT2D eigenvalue weighted by molar-refractivity contribution is 0.0726. The van der Waals surface area contributed by atoms with E-state index >= 15 is 0 Å². The van der Waals surface area contributed by atoms with Crippen LogP contribution in [0.3, 0.4) is 0 Å². The fourth-order valence-electron chi connectivity index (χ4n) is 2.96. The summed E-state index contributed by atoms with van der Waals surface area (Å²) in [6.45, 7) is 4.37. The van der Waals surface area contributed by atoms with Crippen LogP contribution in [0.25, 0.3) is 0 Å². The summed E-state index contributed by atoms with van der Waals surface area (Å²) in [6, 6.07) is 14.6. The molecule has 0 aliphatic heterocycles.